The molecule has 18 heteroatoms. The molecule has 6 aromatic rings. The van der Waals surface area contributed by atoms with Crippen LogP contribution in [0.4, 0.5) is 21.5 Å². The molecule has 76 heavy (non-hydrogen) atoms. The normalized spacial score (nSPS) is 21.2. The monoisotopic (exact) mass is 1060 g/mol. The van der Waals surface area contributed by atoms with Gasteiger partial charge in [-0.1, -0.05) is 64.1 Å². The van der Waals surface area contributed by atoms with E-state index >= 15 is 0 Å². The van der Waals surface area contributed by atoms with Gasteiger partial charge in [-0.3, -0.25) is 24.7 Å². The Balaban J connectivity index is 0.847. The molecule has 402 valence electrons. The van der Waals surface area contributed by atoms with Gasteiger partial charge in [0, 0.05) is 87.3 Å². The highest BCUT2D eigenvalue weighted by Crippen LogP contribution is 2.54. The summed E-state index contributed by atoms with van der Waals surface area (Å²) < 4.78 is 56.6. The van der Waals surface area contributed by atoms with Crippen molar-refractivity contribution in [2.75, 3.05) is 56.6 Å². The van der Waals surface area contributed by atoms with Gasteiger partial charge < -0.3 is 29.8 Å². The van der Waals surface area contributed by atoms with E-state index in [0.29, 0.717) is 42.9 Å². The summed E-state index contributed by atoms with van der Waals surface area (Å²) in [7, 11) is -2.90. The minimum absolute atomic E-state index is 0.0170. The first kappa shape index (κ1) is 52.8. The molecule has 1 atom stereocenters. The molecule has 0 radical (unpaired) electrons. The number of H-pyrrole nitrogens is 1. The number of nitro benzene ring substituents is 1. The molecule has 2 aliphatic carbocycles. The fourth-order valence-corrected chi connectivity index (χ4v) is 13.1. The quantitative estimate of drug-likeness (QED) is 0.0498. The number of hydrogen-bond acceptors (Lipinski definition) is 13. The summed E-state index contributed by atoms with van der Waals surface area (Å²) in [6, 6.07) is 26.0. The van der Waals surface area contributed by atoms with Crippen molar-refractivity contribution >= 4 is 44.0 Å². The molecule has 2 aromatic heterocycles. The van der Waals surface area contributed by atoms with Crippen LogP contribution in [0.25, 0.3) is 11.0 Å². The zero-order valence-electron chi connectivity index (χ0n) is 44.1. The summed E-state index contributed by atoms with van der Waals surface area (Å²) in [6.45, 7) is 16.3. The lowest BCUT2D eigenvalue weighted by Gasteiger charge is -2.63. The summed E-state index contributed by atoms with van der Waals surface area (Å²) in [5.41, 5.74) is 5.20. The van der Waals surface area contributed by atoms with E-state index in [1.54, 1.807) is 26.2 Å². The number of carbonyl (C=O) groups is 1. The molecule has 10 rings (SSSR count). The van der Waals surface area contributed by atoms with Crippen molar-refractivity contribution in [1.29, 1.82) is 0 Å². The van der Waals surface area contributed by atoms with Gasteiger partial charge in [-0.15, -0.1) is 0 Å². The van der Waals surface area contributed by atoms with E-state index in [4.69, 9.17) is 9.47 Å². The highest BCUT2D eigenvalue weighted by atomic mass is 32.2. The number of sulfonamides is 1. The van der Waals surface area contributed by atoms with Gasteiger partial charge in [-0.05, 0) is 122 Å². The van der Waals surface area contributed by atoms with E-state index in [9.17, 15) is 32.8 Å². The molecule has 1 amide bonds. The summed E-state index contributed by atoms with van der Waals surface area (Å²) in [5.74, 6) is 0.432. The van der Waals surface area contributed by atoms with Crippen LogP contribution in [0, 0.1) is 27.3 Å². The second-order valence-electron chi connectivity index (χ2n) is 22.6. The van der Waals surface area contributed by atoms with Crippen molar-refractivity contribution in [3.8, 4) is 17.2 Å². The Bertz CT molecular complexity index is 3250. The molecule has 4 N–H and O–H groups in total. The molecule has 2 aliphatic heterocycles. The Morgan fingerprint density at radius 3 is 2.43 bits per heavy atom. The van der Waals surface area contributed by atoms with Gasteiger partial charge in [0.1, 0.15) is 34.4 Å². The van der Waals surface area contributed by atoms with Crippen LogP contribution in [-0.4, -0.2) is 102 Å². The summed E-state index contributed by atoms with van der Waals surface area (Å²) >= 11 is 0. The number of aliphatic hydroxyl groups is 1. The third-order valence-corrected chi connectivity index (χ3v) is 17.7. The largest absolute Gasteiger partial charge is 0.496 e. The Morgan fingerprint density at radius 2 is 1.71 bits per heavy atom. The van der Waals surface area contributed by atoms with Crippen LogP contribution < -0.4 is 24.4 Å². The zero-order valence-corrected chi connectivity index (χ0v) is 45.0. The number of benzene rings is 4. The molecule has 4 heterocycles. The zero-order chi connectivity index (χ0) is 53.7. The van der Waals surface area contributed by atoms with Crippen LogP contribution in [0.15, 0.2) is 102 Å². The molecule has 4 aromatic carbocycles. The molecule has 4 aliphatic rings. The van der Waals surface area contributed by atoms with Gasteiger partial charge >= 0.3 is 0 Å². The number of hydrogen-bond donors (Lipinski definition) is 4. The third kappa shape index (κ3) is 11.0. The predicted octanol–water partition coefficient (Wildman–Crippen LogP) is 10.7. The number of amides is 1. The number of nitro groups is 1. The van der Waals surface area contributed by atoms with Gasteiger partial charge in [0.2, 0.25) is 0 Å². The number of halogens is 1. The van der Waals surface area contributed by atoms with Gasteiger partial charge in [0.05, 0.1) is 39.7 Å². The van der Waals surface area contributed by atoms with Crippen molar-refractivity contribution < 1.29 is 37.1 Å². The smallest absolute Gasteiger partial charge is 0.293 e. The van der Waals surface area contributed by atoms with Crippen LogP contribution in [0.5, 0.6) is 17.2 Å². The summed E-state index contributed by atoms with van der Waals surface area (Å²) in [4.78, 5) is 39.8. The van der Waals surface area contributed by atoms with Crippen molar-refractivity contribution in [3.05, 3.63) is 141 Å². The van der Waals surface area contributed by atoms with E-state index in [0.717, 1.165) is 82.5 Å². The molecule has 4 fully saturated rings. The first-order valence-electron chi connectivity index (χ1n) is 26.5. The topological polar surface area (TPSA) is 195 Å². The molecule has 1 spiro atoms. The number of nitrogens with one attached hydrogen (secondary N) is 3. The van der Waals surface area contributed by atoms with E-state index in [1.807, 2.05) is 0 Å². The minimum Gasteiger partial charge on any atom is -0.496 e. The number of methoxy groups -OCH3 is 1. The average Bonchev–Trinajstić information content (AvgIpc) is 3.79. The van der Waals surface area contributed by atoms with Crippen molar-refractivity contribution in [3.63, 3.8) is 0 Å². The van der Waals surface area contributed by atoms with Gasteiger partial charge in [0.15, 0.2) is 0 Å². The number of piperazine rings is 1. The molecule has 2 saturated heterocycles. The van der Waals surface area contributed by atoms with Gasteiger partial charge in [-0.25, -0.2) is 22.5 Å². The van der Waals surface area contributed by atoms with E-state index in [1.165, 1.54) is 58.9 Å². The lowest BCUT2D eigenvalue weighted by Crippen LogP contribution is -2.68. The van der Waals surface area contributed by atoms with Gasteiger partial charge in [0.25, 0.3) is 21.6 Å². The van der Waals surface area contributed by atoms with Gasteiger partial charge in [-0.2, -0.15) is 0 Å². The highest BCUT2D eigenvalue weighted by molar-refractivity contribution is 7.90. The average molecular weight is 1060 g/mol. The Labute approximate surface area is 444 Å². The minimum atomic E-state index is -4.65. The lowest BCUT2D eigenvalue weighted by molar-refractivity contribution is -0.384. The maximum Gasteiger partial charge on any atom is 0.293 e. The van der Waals surface area contributed by atoms with Crippen LogP contribution in [0.3, 0.4) is 0 Å². The molecular weight excluding hydrogens is 988 g/mol. The van der Waals surface area contributed by atoms with Crippen LogP contribution in [0.1, 0.15) is 124 Å². The fourth-order valence-electron chi connectivity index (χ4n) is 12.1. The summed E-state index contributed by atoms with van der Waals surface area (Å²) in [6.07, 6.45) is 7.36. The molecule has 0 bridgehead atoms. The lowest BCUT2D eigenvalue weighted by atomic mass is 9.59. The van der Waals surface area contributed by atoms with Crippen molar-refractivity contribution in [1.82, 2.24) is 24.5 Å². The standard InChI is InChI=1S/C58H69FN8O8S/c1-36(2)44-9-7-8-10-46(44)52-33-64(32-39-11-14-45(37(3)4)53(23-39)74-6)21-22-66(52)41-27-58(28-41)34-65(35-58)40-12-15-47(54(24-40)75-42-25-48-49(59)31-62-55(48)61-30-42)56(68)63-76(72,73)43-13-16-50(51(26-43)67(70)71)60-29-38-17-19-57(5,69)20-18-38/h7-16,23-26,30-31,36-38,41,52,60,69H,17-22,27-29,32-35H2,1-6H3,(H,61,62)(H,63,68)/t38-,52-,57-/m0/s1. The second-order valence-corrected chi connectivity index (χ2v) is 24.3. The molecule has 16 nitrogen and oxygen atoms in total. The summed E-state index contributed by atoms with van der Waals surface area (Å²) in [5, 5.41) is 25.9. The third-order valence-electron chi connectivity index (χ3n) is 16.4. The van der Waals surface area contributed by atoms with Crippen LogP contribution >= 0.6 is 0 Å². The molecular formula is C58H69FN8O8S. The maximum atomic E-state index is 14.7. The highest BCUT2D eigenvalue weighted by Gasteiger charge is 2.55. The number of aromatic amines is 1. The van der Waals surface area contributed by atoms with Crippen LogP contribution in [0.2, 0.25) is 0 Å². The number of ether oxygens (including phenoxy) is 2. The van der Waals surface area contributed by atoms with Crippen molar-refractivity contribution in [2.45, 2.75) is 114 Å². The van der Waals surface area contributed by atoms with E-state index in [-0.39, 0.29) is 45.5 Å². The second kappa shape index (κ2) is 21.1. The number of nitrogens with zero attached hydrogens (tertiary/aromatic N) is 5. The number of pyridine rings is 1. The molecule has 0 unspecified atom stereocenters. The number of fused-ring (bicyclic) bond motifs is 1. The Kier molecular flexibility index (Phi) is 14.7. The molecule has 2 saturated carbocycles. The van der Waals surface area contributed by atoms with E-state index < -0.39 is 42.9 Å². The SMILES string of the molecule is COc1cc(CN2CCN(C3CC4(C3)CN(c3ccc(C(=O)NS(=O)(=O)c5ccc(NC[C@H]6CC[C@](C)(O)CC6)c([N+](=O)[O-])c5)c(Oc5cnc6[nH]cc(F)c6c5)c3)C4)[C@H](c3ccccc3C(C)C)C2)ccc1C(C)C. The Morgan fingerprint density at radius 1 is 0.961 bits per heavy atom. The number of aromatic nitrogens is 2. The first-order valence-corrected chi connectivity index (χ1v) is 28.0. The number of anilines is 2. The maximum absolute atomic E-state index is 14.7. The Hall–Kier alpha value is -6.60. The van der Waals surface area contributed by atoms with Crippen molar-refractivity contribution in [2.24, 2.45) is 11.3 Å². The fraction of sp³-hybridized carbons (Fsp3) is 0.448. The number of carbonyl (C=O) groups excluding carboxylic acids is 1. The first-order chi connectivity index (χ1) is 36.3. The number of rotatable bonds is 17. The van der Waals surface area contributed by atoms with E-state index in [2.05, 4.69) is 105 Å². The predicted molar refractivity (Wildman–Crippen MR) is 291 cm³/mol. The van der Waals surface area contributed by atoms with Crippen LogP contribution in [-0.2, 0) is 16.6 Å².